The average molecular weight is 377 g/mol. The van der Waals surface area contributed by atoms with Crippen LogP contribution in [0.3, 0.4) is 0 Å². The highest BCUT2D eigenvalue weighted by atomic mass is 19.1. The molecule has 5 nitrogen and oxygen atoms in total. The summed E-state index contributed by atoms with van der Waals surface area (Å²) in [5, 5.41) is 11.2. The van der Waals surface area contributed by atoms with E-state index in [1.807, 2.05) is 0 Å². The van der Waals surface area contributed by atoms with Gasteiger partial charge in [0.05, 0.1) is 11.9 Å². The quantitative estimate of drug-likeness (QED) is 0.706. The van der Waals surface area contributed by atoms with Gasteiger partial charge in [-0.1, -0.05) is 36.4 Å². The molecule has 2 heterocycles. The SMILES string of the molecule is Cc1ccccc1C1CCN(CCNc2nncc(-c3ccccc3F)n2)C1. The van der Waals surface area contributed by atoms with Gasteiger partial charge in [-0.3, -0.25) is 0 Å². The average Bonchev–Trinajstić information content (AvgIpc) is 3.18. The Balaban J connectivity index is 1.32. The van der Waals surface area contributed by atoms with Crippen molar-refractivity contribution in [1.29, 1.82) is 0 Å². The van der Waals surface area contributed by atoms with Gasteiger partial charge in [0, 0.05) is 25.2 Å². The standard InChI is InChI=1S/C22H24FN5/c1-16-6-2-3-7-18(16)17-10-12-28(15-17)13-11-24-22-26-21(14-25-27-22)19-8-4-5-9-20(19)23/h2-9,14,17H,10-13,15H2,1H3,(H,24,26,27). The number of anilines is 1. The maximum Gasteiger partial charge on any atom is 0.243 e. The van der Waals surface area contributed by atoms with Crippen molar-refractivity contribution in [3.63, 3.8) is 0 Å². The Bertz CT molecular complexity index is 945. The summed E-state index contributed by atoms with van der Waals surface area (Å²) in [4.78, 5) is 6.86. The summed E-state index contributed by atoms with van der Waals surface area (Å²) in [6.07, 6.45) is 2.67. The number of halogens is 1. The lowest BCUT2D eigenvalue weighted by molar-refractivity contribution is 0.347. The first-order valence-electron chi connectivity index (χ1n) is 9.67. The Morgan fingerprint density at radius 3 is 2.82 bits per heavy atom. The van der Waals surface area contributed by atoms with E-state index in [0.29, 0.717) is 23.1 Å². The minimum Gasteiger partial charge on any atom is -0.352 e. The fraction of sp³-hybridized carbons (Fsp3) is 0.318. The number of likely N-dealkylation sites (tertiary alicyclic amines) is 1. The topological polar surface area (TPSA) is 53.9 Å². The number of nitrogens with zero attached hydrogens (tertiary/aromatic N) is 4. The number of nitrogens with one attached hydrogen (secondary N) is 1. The number of benzene rings is 2. The number of aromatic nitrogens is 3. The van der Waals surface area contributed by atoms with Gasteiger partial charge in [-0.2, -0.15) is 5.10 Å². The predicted octanol–water partition coefficient (Wildman–Crippen LogP) is 3.89. The zero-order valence-electron chi connectivity index (χ0n) is 16.0. The molecule has 0 radical (unpaired) electrons. The van der Waals surface area contributed by atoms with Crippen molar-refractivity contribution < 1.29 is 4.39 Å². The lowest BCUT2D eigenvalue weighted by Crippen LogP contribution is -2.27. The molecule has 3 aromatic rings. The second-order valence-electron chi connectivity index (χ2n) is 7.21. The van der Waals surface area contributed by atoms with Crippen LogP contribution in [-0.2, 0) is 0 Å². The Kier molecular flexibility index (Phi) is 5.58. The molecule has 28 heavy (non-hydrogen) atoms. The van der Waals surface area contributed by atoms with Crippen molar-refractivity contribution in [2.45, 2.75) is 19.3 Å². The van der Waals surface area contributed by atoms with Crippen LogP contribution < -0.4 is 5.32 Å². The van der Waals surface area contributed by atoms with Crippen molar-refractivity contribution in [3.05, 3.63) is 71.7 Å². The van der Waals surface area contributed by atoms with Crippen LogP contribution in [0, 0.1) is 12.7 Å². The first kappa shape index (κ1) is 18.5. The van der Waals surface area contributed by atoms with Crippen LogP contribution in [0.2, 0.25) is 0 Å². The second-order valence-corrected chi connectivity index (χ2v) is 7.21. The fourth-order valence-corrected chi connectivity index (χ4v) is 3.84. The van der Waals surface area contributed by atoms with Gasteiger partial charge in [0.15, 0.2) is 0 Å². The first-order chi connectivity index (χ1) is 13.7. The summed E-state index contributed by atoms with van der Waals surface area (Å²) < 4.78 is 14.0. The van der Waals surface area contributed by atoms with E-state index in [4.69, 9.17) is 0 Å². The van der Waals surface area contributed by atoms with Crippen molar-refractivity contribution in [1.82, 2.24) is 20.1 Å². The van der Waals surface area contributed by atoms with Gasteiger partial charge in [-0.05, 0) is 49.1 Å². The highest BCUT2D eigenvalue weighted by Gasteiger charge is 2.24. The van der Waals surface area contributed by atoms with E-state index in [9.17, 15) is 4.39 Å². The molecular formula is C22H24FN5. The third kappa shape index (κ3) is 4.17. The van der Waals surface area contributed by atoms with Crippen LogP contribution in [0.1, 0.15) is 23.5 Å². The molecule has 1 saturated heterocycles. The first-order valence-corrected chi connectivity index (χ1v) is 9.67. The molecule has 1 N–H and O–H groups in total. The van der Waals surface area contributed by atoms with Crippen molar-refractivity contribution in [2.75, 3.05) is 31.5 Å². The minimum atomic E-state index is -0.312. The van der Waals surface area contributed by atoms with Gasteiger partial charge in [-0.15, -0.1) is 5.10 Å². The third-order valence-corrected chi connectivity index (χ3v) is 5.32. The van der Waals surface area contributed by atoms with Gasteiger partial charge >= 0.3 is 0 Å². The van der Waals surface area contributed by atoms with E-state index in [1.54, 1.807) is 18.2 Å². The monoisotopic (exact) mass is 377 g/mol. The molecule has 1 unspecified atom stereocenters. The van der Waals surface area contributed by atoms with Crippen LogP contribution in [0.15, 0.2) is 54.7 Å². The van der Waals surface area contributed by atoms with Gasteiger partial charge in [0.1, 0.15) is 5.82 Å². The normalized spacial score (nSPS) is 17.0. The Morgan fingerprint density at radius 1 is 1.14 bits per heavy atom. The van der Waals surface area contributed by atoms with E-state index < -0.39 is 0 Å². The highest BCUT2D eigenvalue weighted by Crippen LogP contribution is 2.29. The minimum absolute atomic E-state index is 0.312. The summed E-state index contributed by atoms with van der Waals surface area (Å²) in [6.45, 7) is 5.99. The maximum atomic E-state index is 14.0. The molecule has 6 heteroatoms. The van der Waals surface area contributed by atoms with E-state index in [2.05, 4.69) is 56.6 Å². The van der Waals surface area contributed by atoms with Gasteiger partial charge in [-0.25, -0.2) is 9.37 Å². The molecule has 2 aromatic carbocycles. The Hall–Kier alpha value is -2.86. The summed E-state index contributed by atoms with van der Waals surface area (Å²) in [5.74, 6) is 0.715. The van der Waals surface area contributed by atoms with Crippen LogP contribution >= 0.6 is 0 Å². The number of hydrogen-bond acceptors (Lipinski definition) is 5. The molecule has 0 spiro atoms. The van der Waals surface area contributed by atoms with Gasteiger partial charge in [0.2, 0.25) is 5.95 Å². The summed E-state index contributed by atoms with van der Waals surface area (Å²) in [7, 11) is 0. The Labute approximate surface area is 164 Å². The van der Waals surface area contributed by atoms with Gasteiger partial charge in [0.25, 0.3) is 0 Å². The summed E-state index contributed by atoms with van der Waals surface area (Å²) >= 11 is 0. The summed E-state index contributed by atoms with van der Waals surface area (Å²) in [5.41, 5.74) is 3.75. The second kappa shape index (κ2) is 8.44. The number of rotatable bonds is 6. The third-order valence-electron chi connectivity index (χ3n) is 5.32. The molecule has 1 aromatic heterocycles. The Morgan fingerprint density at radius 2 is 1.96 bits per heavy atom. The van der Waals surface area contributed by atoms with Crippen LogP contribution in [0.4, 0.5) is 10.3 Å². The van der Waals surface area contributed by atoms with Gasteiger partial charge < -0.3 is 10.2 Å². The molecule has 4 rings (SSSR count). The summed E-state index contributed by atoms with van der Waals surface area (Å²) in [6, 6.07) is 15.2. The van der Waals surface area contributed by atoms with Crippen LogP contribution in [0.25, 0.3) is 11.3 Å². The predicted molar refractivity (Wildman–Crippen MR) is 109 cm³/mol. The molecule has 1 atom stereocenters. The lowest BCUT2D eigenvalue weighted by atomic mass is 9.94. The van der Waals surface area contributed by atoms with E-state index in [1.165, 1.54) is 29.8 Å². The van der Waals surface area contributed by atoms with E-state index in [0.717, 1.165) is 26.2 Å². The zero-order valence-corrected chi connectivity index (χ0v) is 16.0. The molecule has 1 aliphatic rings. The molecule has 1 aliphatic heterocycles. The molecule has 144 valence electrons. The number of aryl methyl sites for hydroxylation is 1. The largest absolute Gasteiger partial charge is 0.352 e. The van der Waals surface area contributed by atoms with Crippen molar-refractivity contribution in [2.24, 2.45) is 0 Å². The zero-order chi connectivity index (χ0) is 19.3. The lowest BCUT2D eigenvalue weighted by Gasteiger charge is -2.17. The van der Waals surface area contributed by atoms with Crippen LogP contribution in [0.5, 0.6) is 0 Å². The molecule has 1 fully saturated rings. The smallest absolute Gasteiger partial charge is 0.243 e. The van der Waals surface area contributed by atoms with Crippen molar-refractivity contribution >= 4 is 5.95 Å². The number of hydrogen-bond donors (Lipinski definition) is 1. The highest BCUT2D eigenvalue weighted by molar-refractivity contribution is 5.59. The molecular weight excluding hydrogens is 353 g/mol. The molecule has 0 saturated carbocycles. The van der Waals surface area contributed by atoms with E-state index in [-0.39, 0.29) is 5.82 Å². The molecule has 0 aliphatic carbocycles. The fourth-order valence-electron chi connectivity index (χ4n) is 3.84. The van der Waals surface area contributed by atoms with Crippen molar-refractivity contribution in [3.8, 4) is 11.3 Å². The molecule has 0 amide bonds. The maximum absolute atomic E-state index is 14.0. The van der Waals surface area contributed by atoms with E-state index >= 15 is 0 Å². The van der Waals surface area contributed by atoms with Crippen LogP contribution in [-0.4, -0.2) is 46.3 Å². The molecule has 0 bridgehead atoms.